The zero-order valence-corrected chi connectivity index (χ0v) is 13.7. The van der Waals surface area contributed by atoms with E-state index < -0.39 is 0 Å². The quantitative estimate of drug-likeness (QED) is 0.839. The van der Waals surface area contributed by atoms with E-state index in [9.17, 15) is 0 Å². The standard InChI is InChI=1S/C15H28N4O/c1-10(2)11(9-20-7)17-13-8-12(16-6)18-14(19-13)15(3,4)5/h8,10-11H,9H2,1-7H3,(H2,16,17,18,19). The molecular formula is C15H28N4O. The zero-order valence-electron chi connectivity index (χ0n) is 13.7. The summed E-state index contributed by atoms with van der Waals surface area (Å²) >= 11 is 0. The van der Waals surface area contributed by atoms with Crippen molar-refractivity contribution < 1.29 is 4.74 Å². The van der Waals surface area contributed by atoms with Crippen molar-refractivity contribution >= 4 is 11.6 Å². The molecule has 1 heterocycles. The fourth-order valence-electron chi connectivity index (χ4n) is 1.75. The highest BCUT2D eigenvalue weighted by atomic mass is 16.5. The van der Waals surface area contributed by atoms with Crippen LogP contribution in [0.4, 0.5) is 11.6 Å². The van der Waals surface area contributed by atoms with Gasteiger partial charge in [0.05, 0.1) is 12.6 Å². The minimum atomic E-state index is -0.0854. The van der Waals surface area contributed by atoms with Crippen molar-refractivity contribution in [3.05, 3.63) is 11.9 Å². The smallest absolute Gasteiger partial charge is 0.138 e. The van der Waals surface area contributed by atoms with Crippen LogP contribution in [-0.2, 0) is 10.2 Å². The summed E-state index contributed by atoms with van der Waals surface area (Å²) in [5.74, 6) is 2.95. The molecule has 0 aliphatic carbocycles. The Morgan fingerprint density at radius 1 is 1.20 bits per heavy atom. The predicted octanol–water partition coefficient (Wildman–Crippen LogP) is 2.90. The van der Waals surface area contributed by atoms with Gasteiger partial charge in [0.1, 0.15) is 17.5 Å². The third-order valence-electron chi connectivity index (χ3n) is 3.14. The zero-order chi connectivity index (χ0) is 15.3. The lowest BCUT2D eigenvalue weighted by Gasteiger charge is -2.24. The lowest BCUT2D eigenvalue weighted by atomic mass is 9.95. The number of rotatable bonds is 6. The number of nitrogens with one attached hydrogen (secondary N) is 2. The second kappa shape index (κ2) is 6.88. The van der Waals surface area contributed by atoms with E-state index in [1.165, 1.54) is 0 Å². The van der Waals surface area contributed by atoms with E-state index in [-0.39, 0.29) is 11.5 Å². The normalized spacial score (nSPS) is 13.4. The molecule has 20 heavy (non-hydrogen) atoms. The summed E-state index contributed by atoms with van der Waals surface area (Å²) < 4.78 is 5.27. The summed E-state index contributed by atoms with van der Waals surface area (Å²) in [5, 5.41) is 6.54. The third-order valence-corrected chi connectivity index (χ3v) is 3.14. The monoisotopic (exact) mass is 280 g/mol. The summed E-state index contributed by atoms with van der Waals surface area (Å²) in [6.45, 7) is 11.3. The average Bonchev–Trinajstić information content (AvgIpc) is 2.36. The highest BCUT2D eigenvalue weighted by molar-refractivity contribution is 5.48. The molecule has 0 fully saturated rings. The Morgan fingerprint density at radius 3 is 2.25 bits per heavy atom. The Morgan fingerprint density at radius 2 is 1.80 bits per heavy atom. The molecule has 0 amide bonds. The number of aromatic nitrogens is 2. The molecule has 1 aromatic heterocycles. The van der Waals surface area contributed by atoms with Gasteiger partial charge in [-0.25, -0.2) is 9.97 Å². The summed E-state index contributed by atoms with van der Waals surface area (Å²) in [7, 11) is 3.59. The van der Waals surface area contributed by atoms with Crippen LogP contribution >= 0.6 is 0 Å². The lowest BCUT2D eigenvalue weighted by molar-refractivity contribution is 0.171. The van der Waals surface area contributed by atoms with Crippen molar-refractivity contribution in [1.82, 2.24) is 9.97 Å². The Balaban J connectivity index is 3.04. The van der Waals surface area contributed by atoms with E-state index in [0.717, 1.165) is 17.5 Å². The number of methoxy groups -OCH3 is 1. The number of anilines is 2. The highest BCUT2D eigenvalue weighted by Gasteiger charge is 2.20. The molecule has 1 atom stereocenters. The first kappa shape index (κ1) is 16.7. The highest BCUT2D eigenvalue weighted by Crippen LogP contribution is 2.23. The van der Waals surface area contributed by atoms with Gasteiger partial charge in [-0.15, -0.1) is 0 Å². The van der Waals surface area contributed by atoms with Gasteiger partial charge in [0.2, 0.25) is 0 Å². The molecule has 5 heteroatoms. The van der Waals surface area contributed by atoms with Gasteiger partial charge in [-0.2, -0.15) is 0 Å². The van der Waals surface area contributed by atoms with Crippen LogP contribution in [-0.4, -0.2) is 36.8 Å². The molecule has 1 aromatic rings. The van der Waals surface area contributed by atoms with Crippen molar-refractivity contribution in [1.29, 1.82) is 0 Å². The summed E-state index contributed by atoms with van der Waals surface area (Å²) in [6.07, 6.45) is 0. The van der Waals surface area contributed by atoms with Gasteiger partial charge in [0, 0.05) is 25.6 Å². The number of hydrogen-bond donors (Lipinski definition) is 2. The van der Waals surface area contributed by atoms with Gasteiger partial charge in [0.25, 0.3) is 0 Å². The number of hydrogen-bond acceptors (Lipinski definition) is 5. The van der Waals surface area contributed by atoms with Crippen molar-refractivity contribution in [3.63, 3.8) is 0 Å². The third kappa shape index (κ3) is 4.63. The molecule has 0 saturated heterocycles. The molecule has 0 spiro atoms. The van der Waals surface area contributed by atoms with E-state index >= 15 is 0 Å². The van der Waals surface area contributed by atoms with Crippen LogP contribution in [0.5, 0.6) is 0 Å². The Labute approximate surface area is 122 Å². The minimum Gasteiger partial charge on any atom is -0.383 e. The number of nitrogens with zero attached hydrogens (tertiary/aromatic N) is 2. The van der Waals surface area contributed by atoms with Gasteiger partial charge >= 0.3 is 0 Å². The predicted molar refractivity (Wildman–Crippen MR) is 84.4 cm³/mol. The molecule has 2 N–H and O–H groups in total. The maximum absolute atomic E-state index is 5.27. The van der Waals surface area contributed by atoms with E-state index in [1.807, 2.05) is 13.1 Å². The first-order valence-electron chi connectivity index (χ1n) is 7.10. The van der Waals surface area contributed by atoms with Crippen LogP contribution in [0.1, 0.15) is 40.4 Å². The van der Waals surface area contributed by atoms with Crippen LogP contribution in [0.25, 0.3) is 0 Å². The SMILES string of the molecule is CNc1cc(NC(COC)C(C)C)nc(C(C)(C)C)n1. The molecule has 0 radical (unpaired) electrons. The maximum Gasteiger partial charge on any atom is 0.138 e. The second-order valence-corrected chi connectivity index (χ2v) is 6.41. The molecule has 0 bridgehead atoms. The van der Waals surface area contributed by atoms with Crippen LogP contribution in [0.2, 0.25) is 0 Å². The first-order valence-corrected chi connectivity index (χ1v) is 7.10. The maximum atomic E-state index is 5.27. The van der Waals surface area contributed by atoms with E-state index in [4.69, 9.17) is 4.74 Å². The van der Waals surface area contributed by atoms with Crippen LogP contribution in [0.15, 0.2) is 6.07 Å². The lowest BCUT2D eigenvalue weighted by Crippen LogP contribution is -2.31. The molecule has 0 saturated carbocycles. The van der Waals surface area contributed by atoms with Gasteiger partial charge in [0.15, 0.2) is 0 Å². The van der Waals surface area contributed by atoms with Gasteiger partial charge in [-0.1, -0.05) is 34.6 Å². The Bertz CT molecular complexity index is 426. The van der Waals surface area contributed by atoms with Crippen molar-refractivity contribution in [3.8, 4) is 0 Å². The summed E-state index contributed by atoms with van der Waals surface area (Å²) in [5.41, 5.74) is -0.0854. The van der Waals surface area contributed by atoms with E-state index in [1.54, 1.807) is 7.11 Å². The molecule has 0 aliphatic rings. The topological polar surface area (TPSA) is 59.1 Å². The first-order chi connectivity index (χ1) is 9.27. The van der Waals surface area contributed by atoms with Gasteiger partial charge < -0.3 is 15.4 Å². The molecule has 1 rings (SSSR count). The Hall–Kier alpha value is -1.36. The van der Waals surface area contributed by atoms with Crippen LogP contribution < -0.4 is 10.6 Å². The molecule has 0 aromatic carbocycles. The van der Waals surface area contributed by atoms with Crippen LogP contribution in [0, 0.1) is 5.92 Å². The molecule has 1 unspecified atom stereocenters. The molecular weight excluding hydrogens is 252 g/mol. The Kier molecular flexibility index (Phi) is 5.74. The fourth-order valence-corrected chi connectivity index (χ4v) is 1.75. The van der Waals surface area contributed by atoms with Crippen molar-refractivity contribution in [2.24, 2.45) is 5.92 Å². The van der Waals surface area contributed by atoms with Crippen LogP contribution in [0.3, 0.4) is 0 Å². The van der Waals surface area contributed by atoms with Gasteiger partial charge in [-0.3, -0.25) is 0 Å². The number of ether oxygens (including phenoxy) is 1. The van der Waals surface area contributed by atoms with E-state index in [2.05, 4.69) is 55.2 Å². The van der Waals surface area contributed by atoms with Crippen molar-refractivity contribution in [2.75, 3.05) is 31.4 Å². The van der Waals surface area contributed by atoms with Crippen molar-refractivity contribution in [2.45, 2.75) is 46.1 Å². The van der Waals surface area contributed by atoms with E-state index in [0.29, 0.717) is 12.5 Å². The summed E-state index contributed by atoms with van der Waals surface area (Å²) in [4.78, 5) is 9.17. The second-order valence-electron chi connectivity index (χ2n) is 6.41. The molecule has 0 aliphatic heterocycles. The summed E-state index contributed by atoms with van der Waals surface area (Å²) in [6, 6.07) is 2.16. The van der Waals surface area contributed by atoms with Gasteiger partial charge in [-0.05, 0) is 5.92 Å². The average molecular weight is 280 g/mol. The molecule has 114 valence electrons. The minimum absolute atomic E-state index is 0.0854. The molecule has 5 nitrogen and oxygen atoms in total. The fraction of sp³-hybridized carbons (Fsp3) is 0.733. The largest absolute Gasteiger partial charge is 0.383 e.